The van der Waals surface area contributed by atoms with Gasteiger partial charge in [0.1, 0.15) is 5.60 Å². The number of hydrogen-bond acceptors (Lipinski definition) is 5. The Labute approximate surface area is 233 Å². The molecule has 2 fully saturated rings. The Morgan fingerprint density at radius 3 is 2.50 bits per heavy atom. The Kier molecular flexibility index (Phi) is 9.67. The van der Waals surface area contributed by atoms with Crippen LogP contribution in [0.4, 0.5) is 13.2 Å². The molecule has 1 aromatic heterocycles. The third-order valence-corrected chi connectivity index (χ3v) is 8.26. The summed E-state index contributed by atoms with van der Waals surface area (Å²) in [6.45, 7) is 4.86. The lowest BCUT2D eigenvalue weighted by Gasteiger charge is -2.36. The number of ketones is 1. The summed E-state index contributed by atoms with van der Waals surface area (Å²) in [5, 5.41) is 11.1. The van der Waals surface area contributed by atoms with Crippen LogP contribution >= 0.6 is 0 Å². The van der Waals surface area contributed by atoms with Gasteiger partial charge in [-0.2, -0.15) is 13.2 Å². The average Bonchev–Trinajstić information content (AvgIpc) is 3.34. The van der Waals surface area contributed by atoms with E-state index in [4.69, 9.17) is 4.74 Å². The van der Waals surface area contributed by atoms with Gasteiger partial charge in [-0.1, -0.05) is 18.2 Å². The van der Waals surface area contributed by atoms with Gasteiger partial charge in [0.05, 0.1) is 30.0 Å². The van der Waals surface area contributed by atoms with Crippen molar-refractivity contribution in [1.82, 2.24) is 9.88 Å². The smallest absolute Gasteiger partial charge is 0.384 e. The fraction of sp³-hybridized carbons (Fsp3) is 0.581. The van der Waals surface area contributed by atoms with Crippen molar-refractivity contribution < 1.29 is 32.6 Å². The van der Waals surface area contributed by atoms with Gasteiger partial charge < -0.3 is 14.7 Å². The lowest BCUT2D eigenvalue weighted by Crippen LogP contribution is -2.39. The number of pyridine rings is 1. The lowest BCUT2D eigenvalue weighted by molar-refractivity contribution is -0.137. The van der Waals surface area contributed by atoms with Gasteiger partial charge in [0.15, 0.2) is 5.78 Å². The number of aromatic nitrogens is 1. The molecule has 1 aliphatic heterocycles. The summed E-state index contributed by atoms with van der Waals surface area (Å²) in [4.78, 5) is 32.0. The van der Waals surface area contributed by atoms with E-state index < -0.39 is 23.1 Å². The molecule has 1 aliphatic carbocycles. The van der Waals surface area contributed by atoms with E-state index in [1.807, 2.05) is 32.0 Å². The molecule has 1 saturated heterocycles. The van der Waals surface area contributed by atoms with Crippen molar-refractivity contribution in [1.29, 1.82) is 0 Å². The fourth-order valence-electron chi connectivity index (χ4n) is 6.09. The lowest BCUT2D eigenvalue weighted by atomic mass is 9.74. The van der Waals surface area contributed by atoms with E-state index in [0.717, 1.165) is 43.5 Å². The number of benzene rings is 1. The zero-order valence-corrected chi connectivity index (χ0v) is 23.2. The predicted molar refractivity (Wildman–Crippen MR) is 144 cm³/mol. The first-order valence-corrected chi connectivity index (χ1v) is 14.2. The zero-order chi connectivity index (χ0) is 28.9. The second-order valence-electron chi connectivity index (χ2n) is 11.6. The maximum atomic E-state index is 13.2. The van der Waals surface area contributed by atoms with Gasteiger partial charge in [0.2, 0.25) is 5.91 Å². The molecular formula is C31H39F3N2O4. The first kappa shape index (κ1) is 30.2. The van der Waals surface area contributed by atoms with E-state index in [1.165, 1.54) is 12.1 Å². The molecule has 2 heterocycles. The van der Waals surface area contributed by atoms with Crippen molar-refractivity contribution in [3.05, 3.63) is 65.5 Å². The number of Topliss-reactive ketones (excluding diaryl/α,β-unsaturated/α-hetero) is 1. The quantitative estimate of drug-likeness (QED) is 0.352. The minimum atomic E-state index is -4.53. The van der Waals surface area contributed by atoms with Gasteiger partial charge in [-0.15, -0.1) is 0 Å². The van der Waals surface area contributed by atoms with Gasteiger partial charge >= 0.3 is 6.18 Å². The normalized spacial score (nSPS) is 25.4. The fourth-order valence-corrected chi connectivity index (χ4v) is 6.09. The molecule has 2 aromatic rings. The SMILES string of the molecule is CC(C)OC[C@@H]1C[C@H](CC2CCC(O)(c3ccccn3)CC2)CN1C(=O)CCC(=O)c1cccc(C(F)(F)F)c1. The first-order chi connectivity index (χ1) is 18.9. The largest absolute Gasteiger partial charge is 0.416 e. The summed E-state index contributed by atoms with van der Waals surface area (Å²) in [6, 6.07) is 9.84. The molecule has 1 aromatic carbocycles. The Morgan fingerprint density at radius 1 is 1.10 bits per heavy atom. The predicted octanol–water partition coefficient (Wildman–Crippen LogP) is 6.17. The van der Waals surface area contributed by atoms with Crippen LogP contribution in [0.25, 0.3) is 0 Å². The van der Waals surface area contributed by atoms with Crippen LogP contribution in [0.2, 0.25) is 0 Å². The van der Waals surface area contributed by atoms with E-state index >= 15 is 0 Å². The van der Waals surface area contributed by atoms with Crippen LogP contribution in [0.3, 0.4) is 0 Å². The molecule has 40 heavy (non-hydrogen) atoms. The van der Waals surface area contributed by atoms with Crippen LogP contribution < -0.4 is 0 Å². The van der Waals surface area contributed by atoms with Crippen molar-refractivity contribution in [2.24, 2.45) is 11.8 Å². The minimum Gasteiger partial charge on any atom is -0.384 e. The Morgan fingerprint density at radius 2 is 1.85 bits per heavy atom. The molecule has 1 saturated carbocycles. The topological polar surface area (TPSA) is 79.7 Å². The number of carbonyl (C=O) groups excluding carboxylic acids is 2. The molecule has 1 N–H and O–H groups in total. The van der Waals surface area contributed by atoms with Crippen molar-refractivity contribution in [3.63, 3.8) is 0 Å². The summed E-state index contributed by atoms with van der Waals surface area (Å²) in [5.41, 5.74) is -1.09. The van der Waals surface area contributed by atoms with Crippen molar-refractivity contribution in [2.45, 2.75) is 89.1 Å². The Balaban J connectivity index is 1.33. The Hall–Kier alpha value is -2.78. The summed E-state index contributed by atoms with van der Waals surface area (Å²) in [6.07, 6.45) is 1.82. The molecule has 6 nitrogen and oxygen atoms in total. The van der Waals surface area contributed by atoms with E-state index in [2.05, 4.69) is 4.98 Å². The zero-order valence-electron chi connectivity index (χ0n) is 23.2. The number of aliphatic hydroxyl groups is 1. The van der Waals surface area contributed by atoms with E-state index in [1.54, 1.807) is 11.1 Å². The van der Waals surface area contributed by atoms with Crippen LogP contribution in [0, 0.1) is 11.8 Å². The van der Waals surface area contributed by atoms with E-state index in [9.17, 15) is 27.9 Å². The number of likely N-dealkylation sites (tertiary alicyclic amines) is 1. The summed E-state index contributed by atoms with van der Waals surface area (Å²) >= 11 is 0. The summed E-state index contributed by atoms with van der Waals surface area (Å²) in [7, 11) is 0. The van der Waals surface area contributed by atoms with Crippen molar-refractivity contribution in [2.75, 3.05) is 13.2 Å². The third-order valence-electron chi connectivity index (χ3n) is 8.26. The first-order valence-electron chi connectivity index (χ1n) is 14.2. The number of ether oxygens (including phenoxy) is 1. The highest BCUT2D eigenvalue weighted by molar-refractivity contribution is 5.98. The highest BCUT2D eigenvalue weighted by Gasteiger charge is 2.40. The van der Waals surface area contributed by atoms with Gasteiger partial charge in [-0.25, -0.2) is 0 Å². The van der Waals surface area contributed by atoms with Crippen molar-refractivity contribution in [3.8, 4) is 0 Å². The molecule has 0 radical (unpaired) electrons. The molecule has 218 valence electrons. The second kappa shape index (κ2) is 12.8. The molecule has 2 aliphatic rings. The van der Waals surface area contributed by atoms with Crippen LogP contribution in [-0.2, 0) is 21.3 Å². The standard InChI is InChI=1S/C31H39F3N2O4/c1-21(2)40-20-26-17-23(16-22-11-13-30(39,14-12-22)28-8-3-4-15-35-28)19-36(26)29(38)10-9-27(37)24-6-5-7-25(18-24)31(32,33)34/h3-8,15,18,21-23,26,39H,9-14,16-17,19-20H2,1-2H3/t22?,23-,26-,30?/m0/s1. The minimum absolute atomic E-state index is 0.0149. The summed E-state index contributed by atoms with van der Waals surface area (Å²) in [5.74, 6) is 0.0780. The monoisotopic (exact) mass is 560 g/mol. The van der Waals surface area contributed by atoms with Crippen LogP contribution in [0.1, 0.15) is 86.8 Å². The van der Waals surface area contributed by atoms with Crippen LogP contribution in [0.5, 0.6) is 0 Å². The number of alkyl halides is 3. The molecular weight excluding hydrogens is 521 g/mol. The van der Waals surface area contributed by atoms with Gasteiger partial charge in [-0.05, 0) is 88.5 Å². The second-order valence-corrected chi connectivity index (χ2v) is 11.6. The number of amides is 1. The number of hydrogen-bond donors (Lipinski definition) is 1. The molecule has 9 heteroatoms. The number of nitrogens with zero attached hydrogens (tertiary/aromatic N) is 2. The molecule has 4 rings (SSSR count). The summed E-state index contributed by atoms with van der Waals surface area (Å²) < 4.78 is 45.0. The van der Waals surface area contributed by atoms with Gasteiger partial charge in [-0.3, -0.25) is 14.6 Å². The van der Waals surface area contributed by atoms with Crippen LogP contribution in [0.15, 0.2) is 48.7 Å². The number of carbonyl (C=O) groups is 2. The highest BCUT2D eigenvalue weighted by atomic mass is 19.4. The third kappa shape index (κ3) is 7.69. The molecule has 0 bridgehead atoms. The Bertz CT molecular complexity index is 1150. The molecule has 0 spiro atoms. The molecule has 2 atom stereocenters. The van der Waals surface area contributed by atoms with E-state index in [0.29, 0.717) is 31.9 Å². The maximum Gasteiger partial charge on any atom is 0.416 e. The van der Waals surface area contributed by atoms with Crippen LogP contribution in [-0.4, -0.2) is 52.0 Å². The number of halogens is 3. The maximum absolute atomic E-state index is 13.2. The number of rotatable bonds is 10. The molecule has 1 amide bonds. The van der Waals surface area contributed by atoms with Gasteiger partial charge in [0.25, 0.3) is 0 Å². The molecule has 0 unspecified atom stereocenters. The van der Waals surface area contributed by atoms with Crippen molar-refractivity contribution >= 4 is 11.7 Å². The highest BCUT2D eigenvalue weighted by Crippen LogP contribution is 2.42. The van der Waals surface area contributed by atoms with E-state index in [-0.39, 0.29) is 42.4 Å². The van der Waals surface area contributed by atoms with Gasteiger partial charge in [0, 0.05) is 31.1 Å². The average molecular weight is 561 g/mol.